The summed E-state index contributed by atoms with van der Waals surface area (Å²) in [5, 5.41) is 19.0. The third kappa shape index (κ3) is 4.05. The second kappa shape index (κ2) is 8.88. The Kier molecular flexibility index (Phi) is 6.05. The van der Waals surface area contributed by atoms with E-state index in [0.717, 1.165) is 48.5 Å². The highest BCUT2D eigenvalue weighted by molar-refractivity contribution is 6.32. The van der Waals surface area contributed by atoms with Gasteiger partial charge in [0.25, 0.3) is 0 Å². The summed E-state index contributed by atoms with van der Waals surface area (Å²) in [5.74, 6) is 0.531. The molecule has 154 valence electrons. The molecule has 0 radical (unpaired) electrons. The van der Waals surface area contributed by atoms with Crippen LogP contribution in [-0.2, 0) is 6.61 Å². The molecular formula is C23H23ClN4O2. The summed E-state index contributed by atoms with van der Waals surface area (Å²) in [7, 11) is 1.55. The maximum absolute atomic E-state index is 9.79. The van der Waals surface area contributed by atoms with Crippen molar-refractivity contribution in [2.75, 3.05) is 26.7 Å². The SMILES string of the molecule is COc1cc(CO)c(-c2cn3ccc(C4=CCN(CCC#N)CC4)cc3n2)cc1Cl. The van der Waals surface area contributed by atoms with Gasteiger partial charge in [-0.3, -0.25) is 4.90 Å². The van der Waals surface area contributed by atoms with Crippen LogP contribution in [0.5, 0.6) is 5.75 Å². The second-order valence-electron chi connectivity index (χ2n) is 7.30. The number of aliphatic hydroxyl groups is 1. The maximum atomic E-state index is 9.79. The van der Waals surface area contributed by atoms with Crippen LogP contribution in [0.3, 0.4) is 0 Å². The lowest BCUT2D eigenvalue weighted by molar-refractivity contribution is 0.281. The van der Waals surface area contributed by atoms with E-state index in [0.29, 0.717) is 22.8 Å². The monoisotopic (exact) mass is 422 g/mol. The Hall–Kier alpha value is -2.85. The predicted octanol–water partition coefficient (Wildman–Crippen LogP) is 4.16. The number of aliphatic hydroxyl groups excluding tert-OH is 1. The van der Waals surface area contributed by atoms with Crippen LogP contribution in [0.2, 0.25) is 5.02 Å². The van der Waals surface area contributed by atoms with Crippen LogP contribution in [0.4, 0.5) is 0 Å². The first-order valence-electron chi connectivity index (χ1n) is 9.88. The second-order valence-corrected chi connectivity index (χ2v) is 7.70. The van der Waals surface area contributed by atoms with Crippen molar-refractivity contribution >= 4 is 22.8 Å². The van der Waals surface area contributed by atoms with Crippen molar-refractivity contribution in [3.05, 3.63) is 58.9 Å². The largest absolute Gasteiger partial charge is 0.495 e. The number of hydrogen-bond acceptors (Lipinski definition) is 5. The summed E-state index contributed by atoms with van der Waals surface area (Å²) in [6, 6.07) is 9.93. The van der Waals surface area contributed by atoms with E-state index in [9.17, 15) is 5.11 Å². The van der Waals surface area contributed by atoms with Crippen LogP contribution in [0, 0.1) is 11.3 Å². The van der Waals surface area contributed by atoms with Crippen LogP contribution in [0.1, 0.15) is 24.0 Å². The van der Waals surface area contributed by atoms with Gasteiger partial charge in [0.15, 0.2) is 0 Å². The van der Waals surface area contributed by atoms with Crippen molar-refractivity contribution in [1.82, 2.24) is 14.3 Å². The van der Waals surface area contributed by atoms with E-state index in [4.69, 9.17) is 26.6 Å². The Balaban J connectivity index is 1.64. The Morgan fingerprint density at radius 3 is 2.90 bits per heavy atom. The van der Waals surface area contributed by atoms with Crippen molar-refractivity contribution < 1.29 is 9.84 Å². The summed E-state index contributed by atoms with van der Waals surface area (Å²) in [6.07, 6.45) is 7.71. The number of nitriles is 1. The predicted molar refractivity (Wildman–Crippen MR) is 117 cm³/mol. The van der Waals surface area contributed by atoms with E-state index in [2.05, 4.69) is 29.2 Å². The molecule has 7 heteroatoms. The number of nitrogens with zero attached hydrogens (tertiary/aromatic N) is 4. The highest BCUT2D eigenvalue weighted by Crippen LogP contribution is 2.34. The summed E-state index contributed by atoms with van der Waals surface area (Å²) < 4.78 is 7.23. The summed E-state index contributed by atoms with van der Waals surface area (Å²) in [4.78, 5) is 7.07. The molecule has 1 aliphatic heterocycles. The van der Waals surface area contributed by atoms with Gasteiger partial charge in [-0.1, -0.05) is 17.7 Å². The summed E-state index contributed by atoms with van der Waals surface area (Å²) in [5.41, 5.74) is 5.56. The van der Waals surface area contributed by atoms with Crippen molar-refractivity contribution in [2.45, 2.75) is 19.4 Å². The minimum Gasteiger partial charge on any atom is -0.495 e. The van der Waals surface area contributed by atoms with Crippen molar-refractivity contribution in [3.63, 3.8) is 0 Å². The van der Waals surface area contributed by atoms with Gasteiger partial charge < -0.3 is 14.2 Å². The Bertz CT molecular complexity index is 1150. The highest BCUT2D eigenvalue weighted by atomic mass is 35.5. The number of pyridine rings is 1. The fourth-order valence-corrected chi connectivity index (χ4v) is 4.06. The Morgan fingerprint density at radius 1 is 1.33 bits per heavy atom. The smallest absolute Gasteiger partial charge is 0.138 e. The minimum atomic E-state index is -0.128. The van der Waals surface area contributed by atoms with Gasteiger partial charge in [0.1, 0.15) is 11.4 Å². The molecule has 1 N–H and O–H groups in total. The molecule has 0 unspecified atom stereocenters. The quantitative estimate of drug-likeness (QED) is 0.645. The van der Waals surface area contributed by atoms with Crippen LogP contribution in [-0.4, -0.2) is 46.1 Å². The van der Waals surface area contributed by atoms with Gasteiger partial charge in [0, 0.05) is 44.0 Å². The van der Waals surface area contributed by atoms with Gasteiger partial charge >= 0.3 is 0 Å². The zero-order valence-corrected chi connectivity index (χ0v) is 17.6. The molecule has 0 saturated heterocycles. The molecule has 2 aromatic heterocycles. The average Bonchev–Trinajstić information content (AvgIpc) is 3.21. The van der Waals surface area contributed by atoms with E-state index in [1.165, 1.54) is 5.57 Å². The van der Waals surface area contributed by atoms with Gasteiger partial charge in [-0.05, 0) is 47.4 Å². The normalized spacial score (nSPS) is 14.5. The average molecular weight is 423 g/mol. The number of benzene rings is 1. The van der Waals surface area contributed by atoms with E-state index >= 15 is 0 Å². The lowest BCUT2D eigenvalue weighted by Gasteiger charge is -2.25. The molecule has 1 aromatic carbocycles. The third-order valence-electron chi connectivity index (χ3n) is 5.49. The zero-order chi connectivity index (χ0) is 21.1. The fourth-order valence-electron chi connectivity index (χ4n) is 3.82. The van der Waals surface area contributed by atoms with E-state index in [-0.39, 0.29) is 6.61 Å². The molecule has 30 heavy (non-hydrogen) atoms. The summed E-state index contributed by atoms with van der Waals surface area (Å²) in [6.45, 7) is 2.52. The molecule has 0 aliphatic carbocycles. The van der Waals surface area contributed by atoms with Crippen molar-refractivity contribution in [1.29, 1.82) is 5.26 Å². The highest BCUT2D eigenvalue weighted by Gasteiger charge is 2.16. The summed E-state index contributed by atoms with van der Waals surface area (Å²) >= 11 is 6.31. The van der Waals surface area contributed by atoms with Crippen LogP contribution in [0.15, 0.2) is 42.7 Å². The molecule has 1 aliphatic rings. The number of halogens is 1. The van der Waals surface area contributed by atoms with E-state index in [1.807, 2.05) is 16.8 Å². The van der Waals surface area contributed by atoms with Crippen molar-refractivity contribution in [3.8, 4) is 23.1 Å². The molecule has 6 nitrogen and oxygen atoms in total. The maximum Gasteiger partial charge on any atom is 0.138 e. The van der Waals surface area contributed by atoms with Gasteiger partial charge in [-0.25, -0.2) is 4.98 Å². The van der Waals surface area contributed by atoms with Crippen LogP contribution in [0.25, 0.3) is 22.5 Å². The first-order chi connectivity index (χ1) is 14.6. The molecule has 0 spiro atoms. The first kappa shape index (κ1) is 20.4. The molecule has 3 aromatic rings. The van der Waals surface area contributed by atoms with E-state index < -0.39 is 0 Å². The van der Waals surface area contributed by atoms with Gasteiger partial charge in [-0.15, -0.1) is 0 Å². The number of aromatic nitrogens is 2. The van der Waals surface area contributed by atoms with Gasteiger partial charge in [-0.2, -0.15) is 5.26 Å². The molecular weight excluding hydrogens is 400 g/mol. The number of methoxy groups -OCH3 is 1. The fraction of sp³-hybridized carbons (Fsp3) is 0.304. The minimum absolute atomic E-state index is 0.128. The standard InChI is InChI=1S/C23H23ClN4O2/c1-30-22-11-18(15-29)19(13-20(22)24)21-14-28-10-5-17(12-23(28)26-21)16-3-8-27(9-4-16)7-2-6-25/h3,5,10-14,29H,2,4,7-9,15H2,1H3. The number of rotatable bonds is 6. The first-order valence-corrected chi connectivity index (χ1v) is 10.3. The molecule has 0 amide bonds. The Labute approximate surface area is 180 Å². The van der Waals surface area contributed by atoms with E-state index in [1.54, 1.807) is 19.2 Å². The lowest BCUT2D eigenvalue weighted by Crippen LogP contribution is -2.29. The zero-order valence-electron chi connectivity index (χ0n) is 16.8. The molecule has 0 fully saturated rings. The molecule has 0 bridgehead atoms. The Morgan fingerprint density at radius 2 is 2.20 bits per heavy atom. The number of hydrogen-bond donors (Lipinski definition) is 1. The number of ether oxygens (including phenoxy) is 1. The number of imidazole rings is 1. The molecule has 3 heterocycles. The van der Waals surface area contributed by atoms with Crippen molar-refractivity contribution in [2.24, 2.45) is 0 Å². The van der Waals surface area contributed by atoms with Crippen LogP contribution < -0.4 is 4.74 Å². The van der Waals surface area contributed by atoms with Gasteiger partial charge in [0.2, 0.25) is 0 Å². The van der Waals surface area contributed by atoms with Gasteiger partial charge in [0.05, 0.1) is 30.5 Å². The topological polar surface area (TPSA) is 73.8 Å². The number of fused-ring (bicyclic) bond motifs is 1. The molecule has 0 atom stereocenters. The lowest BCUT2D eigenvalue weighted by atomic mass is 10.0. The van der Waals surface area contributed by atoms with Crippen LogP contribution >= 0.6 is 11.6 Å². The third-order valence-corrected chi connectivity index (χ3v) is 5.78. The molecule has 4 rings (SSSR count). The molecule has 0 saturated carbocycles.